The summed E-state index contributed by atoms with van der Waals surface area (Å²) in [6, 6.07) is 16.3. The fourth-order valence-corrected chi connectivity index (χ4v) is 3.01. The van der Waals surface area contributed by atoms with Crippen LogP contribution in [-0.2, 0) is 6.18 Å². The van der Waals surface area contributed by atoms with Gasteiger partial charge in [0.15, 0.2) is 0 Å². The van der Waals surface area contributed by atoms with Gasteiger partial charge in [-0.05, 0) is 23.8 Å². The van der Waals surface area contributed by atoms with E-state index >= 15 is 0 Å². The van der Waals surface area contributed by atoms with E-state index in [9.17, 15) is 18.4 Å². The maximum absolute atomic E-state index is 12.6. The van der Waals surface area contributed by atoms with Gasteiger partial charge >= 0.3 is 6.18 Å². The number of benzene rings is 2. The molecule has 0 aliphatic rings. The Morgan fingerprint density at radius 2 is 1.72 bits per heavy atom. The molecule has 2 aromatic carbocycles. The molecule has 2 nitrogen and oxygen atoms in total. The largest absolute Gasteiger partial charge is 0.416 e. The average molecular weight is 356 g/mol. The zero-order chi connectivity index (χ0) is 17.9. The lowest BCUT2D eigenvalue weighted by molar-refractivity contribution is -0.137. The summed E-state index contributed by atoms with van der Waals surface area (Å²) in [5.74, 6) is 0. The number of halogens is 3. The van der Waals surface area contributed by atoms with Gasteiger partial charge in [0, 0.05) is 10.9 Å². The first-order valence-corrected chi connectivity index (χ1v) is 8.16. The van der Waals surface area contributed by atoms with E-state index in [1.165, 1.54) is 29.5 Å². The Morgan fingerprint density at radius 3 is 2.32 bits per heavy atom. The summed E-state index contributed by atoms with van der Waals surface area (Å²) >= 11 is 1.32. The second-order valence-electron chi connectivity index (χ2n) is 5.19. The average Bonchev–Trinajstić information content (AvgIpc) is 3.10. The maximum atomic E-state index is 12.6. The van der Waals surface area contributed by atoms with Crippen LogP contribution in [0.2, 0.25) is 0 Å². The molecule has 0 spiro atoms. The van der Waals surface area contributed by atoms with Gasteiger partial charge in [0.05, 0.1) is 16.8 Å². The molecule has 0 bridgehead atoms. The summed E-state index contributed by atoms with van der Waals surface area (Å²) in [6.45, 7) is 0. The van der Waals surface area contributed by atoms with E-state index in [2.05, 4.69) is 11.1 Å². The Bertz CT molecular complexity index is 933. The number of nitriles is 1. The third-order valence-corrected chi connectivity index (χ3v) is 4.35. The van der Waals surface area contributed by atoms with Gasteiger partial charge in [0.2, 0.25) is 0 Å². The Morgan fingerprint density at radius 1 is 1.04 bits per heavy atom. The van der Waals surface area contributed by atoms with Gasteiger partial charge < -0.3 is 0 Å². The molecule has 0 unspecified atom stereocenters. The summed E-state index contributed by atoms with van der Waals surface area (Å²) in [6.07, 6.45) is -2.84. The van der Waals surface area contributed by atoms with Crippen molar-refractivity contribution in [2.24, 2.45) is 0 Å². The molecule has 25 heavy (non-hydrogen) atoms. The third kappa shape index (κ3) is 3.95. The SMILES string of the molecule is N#C/C(=C\c1ccc(C(F)(F)F)cc1)c1nc(-c2ccccc2)cs1. The van der Waals surface area contributed by atoms with Gasteiger partial charge in [-0.15, -0.1) is 11.3 Å². The summed E-state index contributed by atoms with van der Waals surface area (Å²) < 4.78 is 37.8. The van der Waals surface area contributed by atoms with E-state index in [1.54, 1.807) is 0 Å². The van der Waals surface area contributed by atoms with Crippen molar-refractivity contribution in [2.75, 3.05) is 0 Å². The first kappa shape index (κ1) is 16.9. The van der Waals surface area contributed by atoms with Gasteiger partial charge in [-0.2, -0.15) is 18.4 Å². The third-order valence-electron chi connectivity index (χ3n) is 3.47. The number of rotatable bonds is 3. The fraction of sp³-hybridized carbons (Fsp3) is 0.0526. The zero-order valence-electron chi connectivity index (χ0n) is 12.8. The number of thiazole rings is 1. The van der Waals surface area contributed by atoms with Crippen molar-refractivity contribution in [1.82, 2.24) is 4.98 Å². The highest BCUT2D eigenvalue weighted by atomic mass is 32.1. The van der Waals surface area contributed by atoms with Gasteiger partial charge in [0.1, 0.15) is 11.1 Å². The monoisotopic (exact) mass is 356 g/mol. The van der Waals surface area contributed by atoms with Crippen molar-refractivity contribution in [2.45, 2.75) is 6.18 Å². The van der Waals surface area contributed by atoms with E-state index in [1.807, 2.05) is 35.7 Å². The van der Waals surface area contributed by atoms with E-state index in [-0.39, 0.29) is 0 Å². The molecule has 1 heterocycles. The molecule has 0 amide bonds. The highest BCUT2D eigenvalue weighted by molar-refractivity contribution is 7.11. The van der Waals surface area contributed by atoms with Gasteiger partial charge in [0.25, 0.3) is 0 Å². The van der Waals surface area contributed by atoms with E-state index in [0.29, 0.717) is 16.1 Å². The molecule has 3 rings (SSSR count). The predicted molar refractivity (Wildman–Crippen MR) is 92.5 cm³/mol. The molecule has 0 radical (unpaired) electrons. The normalized spacial score (nSPS) is 12.0. The van der Waals surface area contributed by atoms with Crippen LogP contribution >= 0.6 is 11.3 Å². The lowest BCUT2D eigenvalue weighted by Gasteiger charge is -2.06. The van der Waals surface area contributed by atoms with Crippen LogP contribution in [0.15, 0.2) is 60.0 Å². The van der Waals surface area contributed by atoms with Crippen LogP contribution < -0.4 is 0 Å². The quantitative estimate of drug-likeness (QED) is 0.548. The first-order valence-electron chi connectivity index (χ1n) is 7.28. The Kier molecular flexibility index (Phi) is 4.68. The van der Waals surface area contributed by atoms with E-state index < -0.39 is 11.7 Å². The van der Waals surface area contributed by atoms with Crippen molar-refractivity contribution in [3.8, 4) is 17.3 Å². The van der Waals surface area contributed by atoms with Crippen molar-refractivity contribution < 1.29 is 13.2 Å². The van der Waals surface area contributed by atoms with E-state index in [0.717, 1.165) is 23.4 Å². The number of alkyl halides is 3. The molecule has 0 fully saturated rings. The van der Waals surface area contributed by atoms with Crippen LogP contribution in [-0.4, -0.2) is 4.98 Å². The molecular weight excluding hydrogens is 345 g/mol. The molecule has 124 valence electrons. The molecular formula is C19H11F3N2S. The standard InChI is InChI=1S/C19H11F3N2S/c20-19(21,22)16-8-6-13(7-9-16)10-15(11-23)18-24-17(12-25-18)14-4-2-1-3-5-14/h1-10,12H/b15-10+. The molecule has 3 aromatic rings. The number of hydrogen-bond donors (Lipinski definition) is 0. The summed E-state index contributed by atoms with van der Waals surface area (Å²) in [7, 11) is 0. The second kappa shape index (κ2) is 6.91. The highest BCUT2D eigenvalue weighted by Crippen LogP contribution is 2.30. The smallest absolute Gasteiger partial charge is 0.235 e. The molecule has 6 heteroatoms. The topological polar surface area (TPSA) is 36.7 Å². The van der Waals surface area contributed by atoms with Crippen LogP contribution in [0.5, 0.6) is 0 Å². The van der Waals surface area contributed by atoms with Gasteiger partial charge in [-0.1, -0.05) is 42.5 Å². The lowest BCUT2D eigenvalue weighted by atomic mass is 10.1. The van der Waals surface area contributed by atoms with E-state index in [4.69, 9.17) is 0 Å². The van der Waals surface area contributed by atoms with Crippen LogP contribution in [0, 0.1) is 11.3 Å². The summed E-state index contributed by atoms with van der Waals surface area (Å²) in [4.78, 5) is 4.45. The van der Waals surface area contributed by atoms with Crippen molar-refractivity contribution in [3.05, 3.63) is 76.1 Å². The molecule has 0 atom stereocenters. The second-order valence-corrected chi connectivity index (χ2v) is 6.05. The maximum Gasteiger partial charge on any atom is 0.416 e. The zero-order valence-corrected chi connectivity index (χ0v) is 13.6. The van der Waals surface area contributed by atoms with Crippen molar-refractivity contribution in [1.29, 1.82) is 5.26 Å². The minimum Gasteiger partial charge on any atom is -0.235 e. The molecule has 0 saturated carbocycles. The van der Waals surface area contributed by atoms with Crippen molar-refractivity contribution in [3.63, 3.8) is 0 Å². The van der Waals surface area contributed by atoms with Crippen LogP contribution in [0.25, 0.3) is 22.9 Å². The molecule has 0 saturated heterocycles. The minimum atomic E-state index is -4.37. The van der Waals surface area contributed by atoms with Crippen LogP contribution in [0.3, 0.4) is 0 Å². The number of aromatic nitrogens is 1. The Hall–Kier alpha value is -2.91. The number of nitrogens with zero attached hydrogens (tertiary/aromatic N) is 2. The highest BCUT2D eigenvalue weighted by Gasteiger charge is 2.29. The first-order chi connectivity index (χ1) is 12.0. The van der Waals surface area contributed by atoms with Crippen LogP contribution in [0.1, 0.15) is 16.1 Å². The number of hydrogen-bond acceptors (Lipinski definition) is 3. The molecule has 1 aromatic heterocycles. The minimum absolute atomic E-state index is 0.312. The lowest BCUT2D eigenvalue weighted by Crippen LogP contribution is -2.03. The van der Waals surface area contributed by atoms with Crippen molar-refractivity contribution >= 4 is 23.0 Å². The Balaban J connectivity index is 1.89. The van der Waals surface area contributed by atoms with Gasteiger partial charge in [-0.3, -0.25) is 0 Å². The predicted octanol–water partition coefficient (Wildman–Crippen LogP) is 5.89. The summed E-state index contributed by atoms with van der Waals surface area (Å²) in [5.41, 5.74) is 1.81. The fourth-order valence-electron chi connectivity index (χ4n) is 2.22. The number of allylic oxidation sites excluding steroid dienone is 1. The van der Waals surface area contributed by atoms with Crippen LogP contribution in [0.4, 0.5) is 13.2 Å². The summed E-state index contributed by atoms with van der Waals surface area (Å²) in [5, 5.41) is 11.8. The molecule has 0 N–H and O–H groups in total. The molecule has 0 aliphatic heterocycles. The Labute approximate surface area is 146 Å². The van der Waals surface area contributed by atoms with Gasteiger partial charge in [-0.25, -0.2) is 4.98 Å². The molecule has 0 aliphatic carbocycles.